The third-order valence-corrected chi connectivity index (χ3v) is 5.97. The van der Waals surface area contributed by atoms with Crippen LogP contribution in [0.3, 0.4) is 0 Å². The molecular formula is C22H21F3N6O3S. The summed E-state index contributed by atoms with van der Waals surface area (Å²) in [5.41, 5.74) is 2.20. The smallest absolute Gasteiger partial charge is 0.406 e. The summed E-state index contributed by atoms with van der Waals surface area (Å²) in [6, 6.07) is 8.97. The van der Waals surface area contributed by atoms with Gasteiger partial charge in [-0.2, -0.15) is 0 Å². The molecule has 0 bridgehead atoms. The first-order valence-electron chi connectivity index (χ1n) is 10.5. The maximum Gasteiger partial charge on any atom is 0.573 e. The summed E-state index contributed by atoms with van der Waals surface area (Å²) >= 11 is 1.16. The molecular weight excluding hydrogens is 485 g/mol. The van der Waals surface area contributed by atoms with Crippen molar-refractivity contribution in [1.82, 2.24) is 24.8 Å². The molecule has 0 spiro atoms. The highest BCUT2D eigenvalue weighted by molar-refractivity contribution is 7.22. The molecule has 0 saturated carbocycles. The van der Waals surface area contributed by atoms with E-state index in [1.165, 1.54) is 23.1 Å². The molecule has 4 rings (SSSR count). The van der Waals surface area contributed by atoms with Crippen molar-refractivity contribution < 1.29 is 27.5 Å². The van der Waals surface area contributed by atoms with Gasteiger partial charge in [-0.15, -0.1) is 13.2 Å². The number of nitrogens with one attached hydrogen (secondary N) is 2. The van der Waals surface area contributed by atoms with Crippen molar-refractivity contribution in [3.63, 3.8) is 0 Å². The van der Waals surface area contributed by atoms with Crippen LogP contribution in [0.2, 0.25) is 0 Å². The summed E-state index contributed by atoms with van der Waals surface area (Å²) < 4.78 is 43.9. The molecule has 0 saturated heterocycles. The minimum absolute atomic E-state index is 0.118. The van der Waals surface area contributed by atoms with Crippen LogP contribution in [0.1, 0.15) is 17.3 Å². The third-order valence-electron chi connectivity index (χ3n) is 5.04. The van der Waals surface area contributed by atoms with Gasteiger partial charge in [0.1, 0.15) is 5.75 Å². The standard InChI is InChI=1S/C22H21F3N6O3S/c1-4-31-16-8-5-12(19(33)26-11-18(32)30(2)3)9-15(16)27-20(31)29-21-28-14-7-6-13(10-17(14)35-21)34-22(23,24)25/h5-10H,4,11H2,1-3H3,(H,26,33)(H,27,28,29). The molecule has 0 aliphatic heterocycles. The summed E-state index contributed by atoms with van der Waals surface area (Å²) in [4.78, 5) is 34.5. The van der Waals surface area contributed by atoms with Gasteiger partial charge >= 0.3 is 6.36 Å². The Morgan fingerprint density at radius 2 is 1.89 bits per heavy atom. The lowest BCUT2D eigenvalue weighted by atomic mass is 10.2. The van der Waals surface area contributed by atoms with Crippen molar-refractivity contribution in [3.8, 4) is 5.75 Å². The molecule has 13 heteroatoms. The van der Waals surface area contributed by atoms with Gasteiger partial charge in [0, 0.05) is 32.3 Å². The first-order chi connectivity index (χ1) is 16.5. The zero-order valence-corrected chi connectivity index (χ0v) is 19.8. The van der Waals surface area contributed by atoms with Gasteiger partial charge in [-0.1, -0.05) is 11.3 Å². The van der Waals surface area contributed by atoms with Gasteiger partial charge in [-0.05, 0) is 37.3 Å². The fraction of sp³-hybridized carbons (Fsp3) is 0.273. The Hall–Kier alpha value is -3.87. The Morgan fingerprint density at radius 1 is 1.11 bits per heavy atom. The van der Waals surface area contributed by atoms with Crippen molar-refractivity contribution in [3.05, 3.63) is 42.0 Å². The lowest BCUT2D eigenvalue weighted by Crippen LogP contribution is -2.36. The number of thiazole rings is 1. The molecule has 2 N–H and O–H groups in total. The van der Waals surface area contributed by atoms with Crippen LogP contribution < -0.4 is 15.4 Å². The van der Waals surface area contributed by atoms with E-state index in [2.05, 4.69) is 25.3 Å². The zero-order chi connectivity index (χ0) is 25.3. The predicted octanol–water partition coefficient (Wildman–Crippen LogP) is 4.13. The lowest BCUT2D eigenvalue weighted by molar-refractivity contribution is -0.274. The van der Waals surface area contributed by atoms with Gasteiger partial charge in [-0.25, -0.2) is 9.97 Å². The largest absolute Gasteiger partial charge is 0.573 e. The van der Waals surface area contributed by atoms with Gasteiger partial charge in [0.2, 0.25) is 11.9 Å². The molecule has 0 unspecified atom stereocenters. The minimum atomic E-state index is -4.77. The van der Waals surface area contributed by atoms with Crippen LogP contribution in [-0.2, 0) is 11.3 Å². The second-order valence-electron chi connectivity index (χ2n) is 7.68. The number of aromatic nitrogens is 3. The molecule has 0 aliphatic rings. The van der Waals surface area contributed by atoms with Crippen molar-refractivity contribution in [2.45, 2.75) is 19.8 Å². The van der Waals surface area contributed by atoms with E-state index in [1.54, 1.807) is 32.3 Å². The highest BCUT2D eigenvalue weighted by Crippen LogP contribution is 2.33. The number of aryl methyl sites for hydroxylation is 1. The highest BCUT2D eigenvalue weighted by Gasteiger charge is 2.31. The molecule has 2 heterocycles. The predicted molar refractivity (Wildman–Crippen MR) is 126 cm³/mol. The molecule has 2 aromatic heterocycles. The maximum atomic E-state index is 12.5. The number of carbonyl (C=O) groups excluding carboxylic acids is 2. The summed E-state index contributed by atoms with van der Waals surface area (Å²) in [7, 11) is 3.21. The number of amides is 2. The molecule has 2 aromatic carbocycles. The first-order valence-corrected chi connectivity index (χ1v) is 11.3. The molecule has 2 amide bonds. The average molecular weight is 507 g/mol. The number of benzene rings is 2. The van der Waals surface area contributed by atoms with E-state index in [4.69, 9.17) is 0 Å². The minimum Gasteiger partial charge on any atom is -0.406 e. The number of nitrogens with zero attached hydrogens (tertiary/aromatic N) is 4. The van der Waals surface area contributed by atoms with E-state index in [0.29, 0.717) is 38.9 Å². The molecule has 0 radical (unpaired) electrons. The number of hydrogen-bond donors (Lipinski definition) is 2. The number of halogens is 3. The van der Waals surface area contributed by atoms with Gasteiger partial charge in [0.15, 0.2) is 5.13 Å². The van der Waals surface area contributed by atoms with E-state index in [1.807, 2.05) is 11.5 Å². The van der Waals surface area contributed by atoms with Crippen LogP contribution in [-0.4, -0.2) is 58.3 Å². The molecule has 0 aliphatic carbocycles. The number of ether oxygens (including phenoxy) is 1. The van der Waals surface area contributed by atoms with Gasteiger partial charge in [-0.3, -0.25) is 9.59 Å². The topological polar surface area (TPSA) is 101 Å². The van der Waals surface area contributed by atoms with Crippen LogP contribution >= 0.6 is 11.3 Å². The number of anilines is 2. The van der Waals surface area contributed by atoms with E-state index in [-0.39, 0.29) is 18.2 Å². The van der Waals surface area contributed by atoms with E-state index in [0.717, 1.165) is 16.9 Å². The molecule has 9 nitrogen and oxygen atoms in total. The molecule has 35 heavy (non-hydrogen) atoms. The molecule has 0 atom stereocenters. The zero-order valence-electron chi connectivity index (χ0n) is 18.9. The number of fused-ring (bicyclic) bond motifs is 2. The van der Waals surface area contributed by atoms with Crippen LogP contribution in [0, 0.1) is 0 Å². The quantitative estimate of drug-likeness (QED) is 0.391. The van der Waals surface area contributed by atoms with Crippen molar-refractivity contribution in [2.24, 2.45) is 0 Å². The number of imidazole rings is 1. The van der Waals surface area contributed by atoms with Crippen LogP contribution in [0.4, 0.5) is 24.3 Å². The van der Waals surface area contributed by atoms with Crippen molar-refractivity contribution in [1.29, 1.82) is 0 Å². The molecule has 4 aromatic rings. The Bertz CT molecular complexity index is 1410. The monoisotopic (exact) mass is 506 g/mol. The maximum absolute atomic E-state index is 12.5. The van der Waals surface area contributed by atoms with E-state index < -0.39 is 12.3 Å². The van der Waals surface area contributed by atoms with Crippen LogP contribution in [0.25, 0.3) is 21.3 Å². The Kier molecular flexibility index (Phi) is 6.52. The van der Waals surface area contributed by atoms with E-state index in [9.17, 15) is 22.8 Å². The van der Waals surface area contributed by atoms with Gasteiger partial charge in [0.25, 0.3) is 5.91 Å². The molecule has 0 fully saturated rings. The highest BCUT2D eigenvalue weighted by atomic mass is 32.1. The van der Waals surface area contributed by atoms with Crippen LogP contribution in [0.15, 0.2) is 36.4 Å². The molecule has 184 valence electrons. The first kappa shape index (κ1) is 24.3. The van der Waals surface area contributed by atoms with Gasteiger partial charge < -0.3 is 24.8 Å². The van der Waals surface area contributed by atoms with Crippen molar-refractivity contribution >= 4 is 55.5 Å². The van der Waals surface area contributed by atoms with Crippen LogP contribution in [0.5, 0.6) is 5.75 Å². The lowest BCUT2D eigenvalue weighted by Gasteiger charge is -2.11. The van der Waals surface area contributed by atoms with Crippen molar-refractivity contribution in [2.75, 3.05) is 26.0 Å². The Morgan fingerprint density at radius 3 is 2.57 bits per heavy atom. The number of likely N-dealkylation sites (N-methyl/N-ethyl adjacent to an activating group) is 1. The Balaban J connectivity index is 1.57. The number of rotatable bonds is 7. The van der Waals surface area contributed by atoms with Gasteiger partial charge in [0.05, 0.1) is 27.8 Å². The Labute approximate surface area is 201 Å². The summed E-state index contributed by atoms with van der Waals surface area (Å²) in [5, 5.41) is 6.14. The second-order valence-corrected chi connectivity index (χ2v) is 8.71. The number of carbonyl (C=O) groups is 2. The average Bonchev–Trinajstić information content (AvgIpc) is 3.34. The summed E-state index contributed by atoms with van der Waals surface area (Å²) in [6.07, 6.45) is -4.77. The SMILES string of the molecule is CCn1c(Nc2nc3ccc(OC(F)(F)F)cc3s2)nc2cc(C(=O)NCC(=O)N(C)C)ccc21. The fourth-order valence-electron chi connectivity index (χ4n) is 3.35. The fourth-order valence-corrected chi connectivity index (χ4v) is 4.24. The number of alkyl halides is 3. The summed E-state index contributed by atoms with van der Waals surface area (Å²) in [5.74, 6) is -0.479. The third kappa shape index (κ3) is 5.45. The number of hydrogen-bond acceptors (Lipinski definition) is 7. The normalized spacial score (nSPS) is 11.6. The van der Waals surface area contributed by atoms with E-state index >= 15 is 0 Å². The summed E-state index contributed by atoms with van der Waals surface area (Å²) in [6.45, 7) is 2.38. The second kappa shape index (κ2) is 9.41.